The Labute approximate surface area is 158 Å². The van der Waals surface area contributed by atoms with Crippen molar-refractivity contribution in [3.63, 3.8) is 0 Å². The molecule has 0 saturated carbocycles. The van der Waals surface area contributed by atoms with Gasteiger partial charge < -0.3 is 9.84 Å². The second kappa shape index (κ2) is 7.23. The number of hydrogen-bond acceptors (Lipinski definition) is 6. The normalized spacial score (nSPS) is 10.8. The molecule has 1 amide bonds. The van der Waals surface area contributed by atoms with E-state index in [0.29, 0.717) is 12.3 Å². The monoisotopic (exact) mass is 381 g/mol. The van der Waals surface area contributed by atoms with E-state index < -0.39 is 0 Å². The molecule has 1 aromatic carbocycles. The molecular formula is C19H15N3O2S2. The van der Waals surface area contributed by atoms with Gasteiger partial charge in [0, 0.05) is 23.6 Å². The number of aromatic nitrogens is 2. The lowest BCUT2D eigenvalue weighted by Crippen LogP contribution is -2.22. The van der Waals surface area contributed by atoms with Crippen LogP contribution in [0.1, 0.15) is 21.1 Å². The second-order valence-electron chi connectivity index (χ2n) is 5.69. The standard InChI is InChI=1S/C19H15N3O2S2/c1-12-21-16(11-26-12)14-6-4-13(5-7-14)10-20-19(23)15-9-17(24-22-15)18-3-2-8-25-18/h2-9,11H,10H2,1H3,(H,20,23). The summed E-state index contributed by atoms with van der Waals surface area (Å²) in [4.78, 5) is 17.7. The smallest absolute Gasteiger partial charge is 0.273 e. The van der Waals surface area contributed by atoms with Crippen LogP contribution in [0.25, 0.3) is 21.9 Å². The van der Waals surface area contributed by atoms with Crippen LogP contribution in [0.4, 0.5) is 0 Å². The number of aryl methyl sites for hydroxylation is 1. The zero-order valence-electron chi connectivity index (χ0n) is 13.9. The third-order valence-corrected chi connectivity index (χ3v) is 5.49. The van der Waals surface area contributed by atoms with Gasteiger partial charge in [-0.05, 0) is 23.9 Å². The quantitative estimate of drug-likeness (QED) is 0.541. The van der Waals surface area contributed by atoms with Crippen LogP contribution in [0.15, 0.2) is 57.7 Å². The number of thiazole rings is 1. The first kappa shape index (κ1) is 16.7. The van der Waals surface area contributed by atoms with Gasteiger partial charge in [0.05, 0.1) is 15.6 Å². The van der Waals surface area contributed by atoms with Crippen LogP contribution in [0.2, 0.25) is 0 Å². The average molecular weight is 381 g/mol. The molecule has 0 radical (unpaired) electrons. The first-order valence-corrected chi connectivity index (χ1v) is 9.75. The number of rotatable bonds is 5. The number of amides is 1. The van der Waals surface area contributed by atoms with Gasteiger partial charge in [0.1, 0.15) is 0 Å². The van der Waals surface area contributed by atoms with Gasteiger partial charge in [-0.3, -0.25) is 4.79 Å². The molecule has 5 nitrogen and oxygen atoms in total. The van der Waals surface area contributed by atoms with E-state index in [9.17, 15) is 4.79 Å². The Morgan fingerprint density at radius 1 is 1.19 bits per heavy atom. The molecule has 4 rings (SSSR count). The van der Waals surface area contributed by atoms with Crippen LogP contribution >= 0.6 is 22.7 Å². The molecule has 26 heavy (non-hydrogen) atoms. The topological polar surface area (TPSA) is 68.0 Å². The lowest BCUT2D eigenvalue weighted by molar-refractivity contribution is 0.0942. The zero-order chi connectivity index (χ0) is 17.9. The van der Waals surface area contributed by atoms with E-state index in [0.717, 1.165) is 26.7 Å². The second-order valence-corrected chi connectivity index (χ2v) is 7.69. The van der Waals surface area contributed by atoms with Crippen molar-refractivity contribution in [2.24, 2.45) is 0 Å². The van der Waals surface area contributed by atoms with Crippen molar-refractivity contribution >= 4 is 28.6 Å². The Balaban J connectivity index is 1.38. The molecule has 130 valence electrons. The molecule has 0 fully saturated rings. The maximum atomic E-state index is 12.3. The number of carbonyl (C=O) groups is 1. The van der Waals surface area contributed by atoms with Crippen molar-refractivity contribution in [1.82, 2.24) is 15.5 Å². The van der Waals surface area contributed by atoms with Crippen molar-refractivity contribution in [2.75, 3.05) is 0 Å². The summed E-state index contributed by atoms with van der Waals surface area (Å²) in [6.45, 7) is 2.42. The molecule has 0 spiro atoms. The van der Waals surface area contributed by atoms with Crippen molar-refractivity contribution in [3.8, 4) is 21.9 Å². The molecule has 0 unspecified atom stereocenters. The van der Waals surface area contributed by atoms with E-state index in [2.05, 4.69) is 15.5 Å². The molecular weight excluding hydrogens is 366 g/mol. The molecule has 3 aromatic heterocycles. The van der Waals surface area contributed by atoms with E-state index >= 15 is 0 Å². The van der Waals surface area contributed by atoms with Crippen LogP contribution in [0.5, 0.6) is 0 Å². The summed E-state index contributed by atoms with van der Waals surface area (Å²) >= 11 is 3.18. The fourth-order valence-corrected chi connectivity index (χ4v) is 3.77. The van der Waals surface area contributed by atoms with Crippen molar-refractivity contribution in [2.45, 2.75) is 13.5 Å². The van der Waals surface area contributed by atoms with Gasteiger partial charge in [0.25, 0.3) is 5.91 Å². The summed E-state index contributed by atoms with van der Waals surface area (Å²) in [5.41, 5.74) is 3.34. The minimum atomic E-state index is -0.254. The third kappa shape index (κ3) is 3.58. The zero-order valence-corrected chi connectivity index (χ0v) is 15.6. The largest absolute Gasteiger partial charge is 0.355 e. The van der Waals surface area contributed by atoms with Gasteiger partial charge in [0.15, 0.2) is 11.5 Å². The Bertz CT molecular complexity index is 1020. The minimum absolute atomic E-state index is 0.254. The summed E-state index contributed by atoms with van der Waals surface area (Å²) in [7, 11) is 0. The number of nitrogens with zero attached hydrogens (tertiary/aromatic N) is 2. The summed E-state index contributed by atoms with van der Waals surface area (Å²) in [5.74, 6) is 0.351. The molecule has 0 aliphatic carbocycles. The van der Waals surface area contributed by atoms with Crippen LogP contribution in [-0.2, 0) is 6.54 Å². The van der Waals surface area contributed by atoms with E-state index in [1.54, 1.807) is 28.7 Å². The molecule has 4 aromatic rings. The van der Waals surface area contributed by atoms with Gasteiger partial charge in [-0.15, -0.1) is 22.7 Å². The number of nitrogens with one attached hydrogen (secondary N) is 1. The fourth-order valence-electron chi connectivity index (χ4n) is 2.48. The fraction of sp³-hybridized carbons (Fsp3) is 0.105. The molecule has 7 heteroatoms. The molecule has 0 atom stereocenters. The van der Waals surface area contributed by atoms with Crippen LogP contribution in [0, 0.1) is 6.92 Å². The van der Waals surface area contributed by atoms with E-state index in [1.165, 1.54) is 0 Å². The Hall–Kier alpha value is -2.77. The first-order chi connectivity index (χ1) is 12.7. The number of hydrogen-bond donors (Lipinski definition) is 1. The highest BCUT2D eigenvalue weighted by Crippen LogP contribution is 2.25. The van der Waals surface area contributed by atoms with Gasteiger partial charge in [0.2, 0.25) is 0 Å². The SMILES string of the molecule is Cc1nc(-c2ccc(CNC(=O)c3cc(-c4cccs4)on3)cc2)cs1. The summed E-state index contributed by atoms with van der Waals surface area (Å²) < 4.78 is 5.24. The summed E-state index contributed by atoms with van der Waals surface area (Å²) in [6, 6.07) is 13.5. The third-order valence-electron chi connectivity index (χ3n) is 3.83. The van der Waals surface area contributed by atoms with Crippen LogP contribution in [-0.4, -0.2) is 16.0 Å². The van der Waals surface area contributed by atoms with Gasteiger partial charge in [-0.1, -0.05) is 35.5 Å². The lowest BCUT2D eigenvalue weighted by Gasteiger charge is -2.04. The predicted molar refractivity (Wildman–Crippen MR) is 103 cm³/mol. The Kier molecular flexibility index (Phi) is 4.64. The maximum absolute atomic E-state index is 12.3. The maximum Gasteiger partial charge on any atom is 0.273 e. The highest BCUT2D eigenvalue weighted by molar-refractivity contribution is 7.13. The highest BCUT2D eigenvalue weighted by Gasteiger charge is 2.14. The van der Waals surface area contributed by atoms with Crippen molar-refractivity contribution in [1.29, 1.82) is 0 Å². The predicted octanol–water partition coefficient (Wildman–Crippen LogP) is 4.77. The molecule has 3 heterocycles. The summed E-state index contributed by atoms with van der Waals surface area (Å²) in [6.07, 6.45) is 0. The molecule has 1 N–H and O–H groups in total. The first-order valence-electron chi connectivity index (χ1n) is 7.99. The molecule has 0 saturated heterocycles. The molecule has 0 bridgehead atoms. The summed E-state index contributed by atoms with van der Waals surface area (Å²) in [5, 5.41) is 11.8. The lowest BCUT2D eigenvalue weighted by atomic mass is 10.1. The Morgan fingerprint density at radius 2 is 2.04 bits per heavy atom. The molecule has 0 aliphatic rings. The van der Waals surface area contributed by atoms with Gasteiger partial charge in [-0.25, -0.2) is 4.98 Å². The van der Waals surface area contributed by atoms with Crippen LogP contribution in [0.3, 0.4) is 0 Å². The average Bonchev–Trinajstić information content (AvgIpc) is 3.40. The number of carbonyl (C=O) groups excluding carboxylic acids is 1. The van der Waals surface area contributed by atoms with Crippen molar-refractivity contribution in [3.05, 3.63) is 69.5 Å². The number of thiophene rings is 1. The Morgan fingerprint density at radius 3 is 2.73 bits per heavy atom. The molecule has 0 aliphatic heterocycles. The van der Waals surface area contributed by atoms with E-state index in [4.69, 9.17) is 4.52 Å². The van der Waals surface area contributed by atoms with E-state index in [-0.39, 0.29) is 11.6 Å². The van der Waals surface area contributed by atoms with E-state index in [1.807, 2.05) is 54.1 Å². The van der Waals surface area contributed by atoms with Gasteiger partial charge in [-0.2, -0.15) is 0 Å². The minimum Gasteiger partial charge on any atom is -0.355 e. The van der Waals surface area contributed by atoms with Gasteiger partial charge >= 0.3 is 0 Å². The van der Waals surface area contributed by atoms with Crippen LogP contribution < -0.4 is 5.32 Å². The highest BCUT2D eigenvalue weighted by atomic mass is 32.1. The number of benzene rings is 1. The van der Waals surface area contributed by atoms with Crippen molar-refractivity contribution < 1.29 is 9.32 Å².